The fraction of sp³-hybridized carbons (Fsp3) is 0.318. The number of hydrogen-bond donors (Lipinski definition) is 0. The third kappa shape index (κ3) is 29.3. The van der Waals surface area contributed by atoms with Crippen LogP contribution in [0.3, 0.4) is 0 Å². The number of rotatable bonds is 50. The second kappa shape index (κ2) is 42.0. The highest BCUT2D eigenvalue weighted by Crippen LogP contribution is 2.78. The first-order valence-corrected chi connectivity index (χ1v) is 51.1. The van der Waals surface area contributed by atoms with E-state index in [1.165, 1.54) is 0 Å². The number of ether oxygens (including phenoxy) is 6. The van der Waals surface area contributed by atoms with Gasteiger partial charge in [-0.2, -0.15) is 0 Å². The first-order chi connectivity index (χ1) is 57.1. The molecule has 10 aromatic rings. The minimum absolute atomic E-state index is 0.0509. The maximum atomic E-state index is 13.1. The molecule has 624 valence electrons. The fourth-order valence-corrected chi connectivity index (χ4v) is 27.3. The van der Waals surface area contributed by atoms with Crippen LogP contribution in [0.25, 0.3) is 0 Å². The van der Waals surface area contributed by atoms with Gasteiger partial charge in [0.25, 0.3) is 0 Å². The third-order valence-electron chi connectivity index (χ3n) is 18.8. The lowest BCUT2D eigenvalue weighted by Crippen LogP contribution is -2.12. The quantitative estimate of drug-likeness (QED) is 0.0194. The zero-order valence-electron chi connectivity index (χ0n) is 65.4. The smallest absolute Gasteiger partial charge is 0.413 e. The van der Waals surface area contributed by atoms with Gasteiger partial charge >= 0.3 is 23.0 Å². The molecule has 0 saturated carbocycles. The van der Waals surface area contributed by atoms with Gasteiger partial charge in [0, 0.05) is 26.4 Å². The molecule has 2 saturated heterocycles. The zero-order chi connectivity index (χ0) is 82.0. The van der Waals surface area contributed by atoms with Crippen molar-refractivity contribution in [3.8, 4) is 34.5 Å². The number of nitrogens with zero attached hydrogens (tertiary/aromatic N) is 3. The number of sulfone groups is 4. The Morgan fingerprint density at radius 2 is 0.458 bits per heavy atom. The lowest BCUT2D eigenvalue weighted by molar-refractivity contribution is 0.122. The molecule has 0 aliphatic carbocycles. The molecule has 30 heteroatoms. The molecular formula is C88H98N3O20P3S4. The van der Waals surface area contributed by atoms with Gasteiger partial charge in [-0.05, 0) is 180 Å². The van der Waals surface area contributed by atoms with Crippen molar-refractivity contribution in [2.75, 3.05) is 62.7 Å². The van der Waals surface area contributed by atoms with Gasteiger partial charge in [-0.15, -0.1) is 0 Å². The van der Waals surface area contributed by atoms with Gasteiger partial charge in [0.1, 0.15) is 34.5 Å². The van der Waals surface area contributed by atoms with Crippen LogP contribution >= 0.6 is 23.0 Å². The van der Waals surface area contributed by atoms with Gasteiger partial charge in [0.2, 0.25) is 0 Å². The Morgan fingerprint density at radius 3 is 0.653 bits per heavy atom. The second-order valence-corrected chi connectivity index (χ2v) is 44.0. The molecule has 3 aliphatic rings. The van der Waals surface area contributed by atoms with Crippen molar-refractivity contribution in [2.45, 2.75) is 113 Å². The molecule has 0 bridgehead atoms. The third-order valence-corrected chi connectivity index (χ3v) is 33.7. The average molecular weight is 1740 g/mol. The van der Waals surface area contributed by atoms with Crippen molar-refractivity contribution in [2.24, 2.45) is 13.5 Å². The topological polar surface area (TPSA) is 291 Å². The Morgan fingerprint density at radius 1 is 0.263 bits per heavy atom. The monoisotopic (exact) mass is 1740 g/mol. The maximum Gasteiger partial charge on any atom is 0.460 e. The molecule has 4 atom stereocenters. The van der Waals surface area contributed by atoms with Crippen molar-refractivity contribution in [3.05, 3.63) is 323 Å². The van der Waals surface area contributed by atoms with E-state index in [0.29, 0.717) is 35.8 Å². The van der Waals surface area contributed by atoms with Crippen LogP contribution in [0.2, 0.25) is 0 Å². The number of aryl methyl sites for hydroxylation is 2. The molecule has 10 aromatic carbocycles. The first kappa shape index (κ1) is 87.1. The summed E-state index contributed by atoms with van der Waals surface area (Å²) in [5, 5.41) is 0. The zero-order valence-corrected chi connectivity index (χ0v) is 71.4. The summed E-state index contributed by atoms with van der Waals surface area (Å²) in [7, 11) is -27.2. The summed E-state index contributed by atoms with van der Waals surface area (Å²) >= 11 is 0. The van der Waals surface area contributed by atoms with Crippen molar-refractivity contribution in [1.82, 2.24) is 0 Å². The summed E-state index contributed by atoms with van der Waals surface area (Å²) in [6.07, 6.45) is 4.63. The summed E-state index contributed by atoms with van der Waals surface area (Å²) in [6.45, 7) is 2.68. The highest BCUT2D eigenvalue weighted by atomic mass is 32.2. The minimum atomic E-state index is -4.55. The molecule has 4 unspecified atom stereocenters. The summed E-state index contributed by atoms with van der Waals surface area (Å²) in [4.78, 5) is 0. The average Bonchev–Trinajstić information content (AvgIpc) is 1.52. The Bertz CT molecular complexity index is 5190. The number of hydrogen-bond acceptors (Lipinski definition) is 23. The lowest BCUT2D eigenvalue weighted by Gasteiger charge is -2.33. The molecule has 2 fully saturated rings. The minimum Gasteiger partial charge on any atom is -0.413 e. The second-order valence-electron chi connectivity index (χ2n) is 29.1. The molecule has 0 radical (unpaired) electrons. The highest BCUT2D eigenvalue weighted by Gasteiger charge is 2.49. The van der Waals surface area contributed by atoms with Crippen LogP contribution in [0, 0.1) is 0 Å². The van der Waals surface area contributed by atoms with Crippen LogP contribution in [-0.2, 0) is 130 Å². The van der Waals surface area contributed by atoms with Crippen molar-refractivity contribution < 1.29 is 89.2 Å². The molecule has 23 nitrogen and oxygen atoms in total. The first-order valence-electron chi connectivity index (χ1n) is 39.3. The summed E-state index contributed by atoms with van der Waals surface area (Å²) in [6, 6.07) is 79.5. The number of epoxide rings is 2. The van der Waals surface area contributed by atoms with Crippen LogP contribution < -0.4 is 27.1 Å². The van der Waals surface area contributed by atoms with E-state index in [2.05, 4.69) is 0 Å². The SMILES string of the molecule is O=S(=O)(CCCOCc1ccc(OP2(Oc3ccc(CCC4CO4)cc3)=NP(Oc3ccc(CCC4CO4)cc3)(Oc3ccc(COCCCS(=O)(=O)Cc4ccccc4)cc3)=NP(Oc3ccc(COCCCS(=O)(=O)Cc4ccccc4)cc3)(Oc3ccc(COCCCS(=O)(=O)Cc4ccccc4)cc3)=N2)cc1)Cc1ccccc1. The van der Waals surface area contributed by atoms with Crippen LogP contribution in [-0.4, -0.2) is 109 Å². The molecule has 3 heterocycles. The van der Waals surface area contributed by atoms with Gasteiger partial charge in [0.05, 0.1) is 97.9 Å². The summed E-state index contributed by atoms with van der Waals surface area (Å²) in [5.74, 6) is 0.993. The Labute approximate surface area is 693 Å². The normalized spacial score (nSPS) is 17.6. The van der Waals surface area contributed by atoms with E-state index < -0.39 is 62.3 Å². The Kier molecular flexibility index (Phi) is 31.0. The molecule has 0 N–H and O–H groups in total. The molecule has 3 aliphatic heterocycles. The highest BCUT2D eigenvalue weighted by molar-refractivity contribution is 7.91. The molecule has 0 aromatic heterocycles. The summed E-state index contributed by atoms with van der Waals surface area (Å²) in [5.41, 5.74) is 7.85. The fourth-order valence-electron chi connectivity index (χ4n) is 12.6. The van der Waals surface area contributed by atoms with Gasteiger partial charge in [-0.1, -0.05) is 208 Å². The summed E-state index contributed by atoms with van der Waals surface area (Å²) < 4.78 is 201. The van der Waals surface area contributed by atoms with E-state index in [9.17, 15) is 33.7 Å². The molecule has 0 amide bonds. The molecule has 0 spiro atoms. The van der Waals surface area contributed by atoms with Crippen LogP contribution in [0.1, 0.15) is 94.2 Å². The van der Waals surface area contributed by atoms with E-state index >= 15 is 0 Å². The van der Waals surface area contributed by atoms with Gasteiger partial charge < -0.3 is 55.6 Å². The van der Waals surface area contributed by atoms with Crippen LogP contribution in [0.15, 0.2) is 280 Å². The van der Waals surface area contributed by atoms with E-state index in [1.54, 1.807) is 121 Å². The van der Waals surface area contributed by atoms with Crippen LogP contribution in [0.4, 0.5) is 0 Å². The van der Waals surface area contributed by atoms with Crippen LogP contribution in [0.5, 0.6) is 34.5 Å². The molecule has 13 rings (SSSR count). The lowest BCUT2D eigenvalue weighted by atomic mass is 10.1. The standard InChI is InChI=1S/C88H98N3O20P3S4/c92-115(93,67-77-17-5-1-6-18-77)57-13-53-100-61-73-31-43-83(44-32-73)108-112(106-81-39-25-71(26-40-81)29-51-87-65-104-87)89-113(107-82-41-27-72(28-42-82)30-52-88-66-105-88,109-84-45-33-74(34-46-84)62-101-54-14-58-116(94,95)68-78-19-7-2-8-20-78)91-114(90-112,110-85-47-35-75(36-48-85)63-102-55-15-59-117(96,97)69-79-21-9-3-10-22-79)111-86-49-37-76(38-50-86)64-103-56-16-60-118(98,99)70-80-23-11-4-12-24-80/h1-12,17-28,31-50,87-88H,13-16,29-30,51-70H2. The molecule has 118 heavy (non-hydrogen) atoms. The van der Waals surface area contributed by atoms with Gasteiger partial charge in [-0.25, -0.2) is 33.7 Å². The maximum absolute atomic E-state index is 13.1. The van der Waals surface area contributed by atoms with E-state index in [-0.39, 0.29) is 160 Å². The van der Waals surface area contributed by atoms with Crippen molar-refractivity contribution in [3.63, 3.8) is 0 Å². The Hall–Kier alpha value is -8.75. The molecular weight excluding hydrogens is 1640 g/mol. The largest absolute Gasteiger partial charge is 0.460 e. The Balaban J connectivity index is 0.863. The van der Waals surface area contributed by atoms with Crippen molar-refractivity contribution >= 4 is 62.3 Å². The van der Waals surface area contributed by atoms with E-state index in [4.69, 9.17) is 69.1 Å². The van der Waals surface area contributed by atoms with Crippen molar-refractivity contribution in [1.29, 1.82) is 0 Å². The van der Waals surface area contributed by atoms with E-state index in [0.717, 1.165) is 70.2 Å². The van der Waals surface area contributed by atoms with Gasteiger partial charge in [0.15, 0.2) is 39.3 Å². The number of benzene rings is 10. The van der Waals surface area contributed by atoms with Gasteiger partial charge in [-0.3, -0.25) is 0 Å². The predicted molar refractivity (Wildman–Crippen MR) is 459 cm³/mol. The predicted octanol–water partition coefficient (Wildman–Crippen LogP) is 19.1. The van der Waals surface area contributed by atoms with E-state index in [1.807, 2.05) is 146 Å².